The van der Waals surface area contributed by atoms with E-state index in [1.54, 1.807) is 12.4 Å². The third-order valence-electron chi connectivity index (χ3n) is 4.62. The second-order valence-corrected chi connectivity index (χ2v) is 6.36. The summed E-state index contributed by atoms with van der Waals surface area (Å²) in [5.74, 6) is 1.26. The molecule has 2 heterocycles. The standard InChI is InChI=1S/C19H19FN4/c1-23-13-21-22-19(23)17-11-24(12-17)10-16-8-7-15(9-18(16)20)14-5-3-2-4-6-14/h2-9,13,17H,10-12H2,1H3. The van der Waals surface area contributed by atoms with Crippen LogP contribution in [0.5, 0.6) is 0 Å². The van der Waals surface area contributed by atoms with E-state index in [1.807, 2.05) is 54.1 Å². The van der Waals surface area contributed by atoms with E-state index in [0.717, 1.165) is 35.6 Å². The molecule has 0 atom stereocenters. The number of benzene rings is 2. The van der Waals surface area contributed by atoms with Crippen molar-refractivity contribution in [2.24, 2.45) is 7.05 Å². The van der Waals surface area contributed by atoms with Crippen LogP contribution in [0.2, 0.25) is 0 Å². The van der Waals surface area contributed by atoms with Gasteiger partial charge in [-0.2, -0.15) is 0 Å². The first-order valence-corrected chi connectivity index (χ1v) is 8.11. The van der Waals surface area contributed by atoms with Crippen molar-refractivity contribution in [2.45, 2.75) is 12.5 Å². The summed E-state index contributed by atoms with van der Waals surface area (Å²) in [6.45, 7) is 2.42. The fraction of sp³-hybridized carbons (Fsp3) is 0.263. The van der Waals surface area contributed by atoms with Gasteiger partial charge < -0.3 is 4.57 Å². The van der Waals surface area contributed by atoms with Crippen molar-refractivity contribution in [1.29, 1.82) is 0 Å². The van der Waals surface area contributed by atoms with E-state index in [9.17, 15) is 4.39 Å². The molecule has 0 spiro atoms. The van der Waals surface area contributed by atoms with Gasteiger partial charge in [-0.15, -0.1) is 10.2 Å². The molecule has 0 bridgehead atoms. The van der Waals surface area contributed by atoms with Crippen LogP contribution in [-0.2, 0) is 13.6 Å². The average Bonchev–Trinajstić information content (AvgIpc) is 2.98. The number of hydrogen-bond acceptors (Lipinski definition) is 3. The molecule has 0 saturated carbocycles. The van der Waals surface area contributed by atoms with Crippen LogP contribution in [0.15, 0.2) is 54.9 Å². The van der Waals surface area contributed by atoms with Crippen molar-refractivity contribution < 1.29 is 4.39 Å². The summed E-state index contributed by atoms with van der Waals surface area (Å²) < 4.78 is 16.4. The van der Waals surface area contributed by atoms with Crippen molar-refractivity contribution in [3.63, 3.8) is 0 Å². The predicted octanol–water partition coefficient (Wildman–Crippen LogP) is 3.22. The van der Waals surface area contributed by atoms with Crippen molar-refractivity contribution in [3.8, 4) is 11.1 Å². The molecule has 0 radical (unpaired) electrons. The largest absolute Gasteiger partial charge is 0.320 e. The molecule has 1 aliphatic rings. The Balaban J connectivity index is 1.42. The summed E-state index contributed by atoms with van der Waals surface area (Å²) in [7, 11) is 1.96. The maximum Gasteiger partial charge on any atom is 0.138 e. The number of halogens is 1. The van der Waals surface area contributed by atoms with Gasteiger partial charge in [0.2, 0.25) is 0 Å². The SMILES string of the molecule is Cn1cnnc1C1CN(Cc2ccc(-c3ccccc3)cc2F)C1. The zero-order valence-corrected chi connectivity index (χ0v) is 13.6. The van der Waals surface area contributed by atoms with Gasteiger partial charge in [-0.05, 0) is 17.2 Å². The van der Waals surface area contributed by atoms with Crippen molar-refractivity contribution >= 4 is 0 Å². The van der Waals surface area contributed by atoms with Gasteiger partial charge >= 0.3 is 0 Å². The molecule has 1 aromatic heterocycles. The summed E-state index contributed by atoms with van der Waals surface area (Å²) in [5, 5.41) is 8.07. The summed E-state index contributed by atoms with van der Waals surface area (Å²) in [6.07, 6.45) is 1.72. The van der Waals surface area contributed by atoms with E-state index in [2.05, 4.69) is 15.1 Å². The molecule has 5 heteroatoms. The van der Waals surface area contributed by atoms with Gasteiger partial charge in [0.1, 0.15) is 18.0 Å². The van der Waals surface area contributed by atoms with Crippen molar-refractivity contribution in [3.05, 3.63) is 72.1 Å². The molecule has 2 aromatic carbocycles. The third-order valence-corrected chi connectivity index (χ3v) is 4.62. The zero-order valence-electron chi connectivity index (χ0n) is 13.6. The molecule has 4 rings (SSSR count). The molecule has 1 fully saturated rings. The van der Waals surface area contributed by atoms with E-state index in [-0.39, 0.29) is 5.82 Å². The van der Waals surface area contributed by atoms with Crippen LogP contribution in [0, 0.1) is 5.82 Å². The van der Waals surface area contributed by atoms with Crippen LogP contribution in [0.1, 0.15) is 17.3 Å². The van der Waals surface area contributed by atoms with Gasteiger partial charge in [0.15, 0.2) is 0 Å². The maximum atomic E-state index is 14.4. The van der Waals surface area contributed by atoms with Gasteiger partial charge in [0.05, 0.1) is 0 Å². The van der Waals surface area contributed by atoms with E-state index in [1.165, 1.54) is 0 Å². The molecule has 4 nitrogen and oxygen atoms in total. The Labute approximate surface area is 140 Å². The summed E-state index contributed by atoms with van der Waals surface area (Å²) in [6, 6.07) is 15.4. The Morgan fingerprint density at radius 2 is 1.88 bits per heavy atom. The summed E-state index contributed by atoms with van der Waals surface area (Å²) in [5.41, 5.74) is 2.69. The molecular weight excluding hydrogens is 303 g/mol. The molecule has 1 saturated heterocycles. The highest BCUT2D eigenvalue weighted by atomic mass is 19.1. The molecule has 24 heavy (non-hydrogen) atoms. The lowest BCUT2D eigenvalue weighted by molar-refractivity contribution is 0.131. The van der Waals surface area contributed by atoms with E-state index in [0.29, 0.717) is 12.5 Å². The highest BCUT2D eigenvalue weighted by Gasteiger charge is 2.31. The normalized spacial score (nSPS) is 15.4. The number of hydrogen-bond donors (Lipinski definition) is 0. The van der Waals surface area contributed by atoms with Crippen LogP contribution < -0.4 is 0 Å². The Kier molecular flexibility index (Phi) is 3.86. The highest BCUT2D eigenvalue weighted by Crippen LogP contribution is 2.28. The average molecular weight is 322 g/mol. The molecule has 0 unspecified atom stereocenters. The lowest BCUT2D eigenvalue weighted by Crippen LogP contribution is -2.45. The number of nitrogens with zero attached hydrogens (tertiary/aromatic N) is 4. The smallest absolute Gasteiger partial charge is 0.138 e. The topological polar surface area (TPSA) is 34.0 Å². The Bertz CT molecular complexity index is 838. The minimum absolute atomic E-state index is 0.140. The Hall–Kier alpha value is -2.53. The molecule has 3 aromatic rings. The van der Waals surface area contributed by atoms with Crippen LogP contribution in [-0.4, -0.2) is 32.8 Å². The van der Waals surface area contributed by atoms with Crippen LogP contribution in [0.4, 0.5) is 4.39 Å². The van der Waals surface area contributed by atoms with E-state index in [4.69, 9.17) is 0 Å². The Morgan fingerprint density at radius 1 is 1.08 bits per heavy atom. The lowest BCUT2D eigenvalue weighted by Gasteiger charge is -2.38. The Morgan fingerprint density at radius 3 is 2.54 bits per heavy atom. The van der Waals surface area contributed by atoms with Crippen molar-refractivity contribution in [1.82, 2.24) is 19.7 Å². The van der Waals surface area contributed by atoms with Gasteiger partial charge in [-0.3, -0.25) is 4.90 Å². The molecular formula is C19H19FN4. The van der Waals surface area contributed by atoms with Crippen LogP contribution in [0.3, 0.4) is 0 Å². The van der Waals surface area contributed by atoms with Gasteiger partial charge in [-0.1, -0.05) is 42.5 Å². The highest BCUT2D eigenvalue weighted by molar-refractivity contribution is 5.63. The first-order valence-electron chi connectivity index (χ1n) is 8.11. The fourth-order valence-electron chi connectivity index (χ4n) is 3.25. The summed E-state index contributed by atoms with van der Waals surface area (Å²) >= 11 is 0. The monoisotopic (exact) mass is 322 g/mol. The number of aromatic nitrogens is 3. The molecule has 0 amide bonds. The van der Waals surface area contributed by atoms with E-state index >= 15 is 0 Å². The number of likely N-dealkylation sites (tertiary alicyclic amines) is 1. The lowest BCUT2D eigenvalue weighted by atomic mass is 9.97. The zero-order chi connectivity index (χ0) is 16.5. The number of aryl methyl sites for hydroxylation is 1. The minimum atomic E-state index is -0.140. The van der Waals surface area contributed by atoms with Crippen LogP contribution in [0.25, 0.3) is 11.1 Å². The van der Waals surface area contributed by atoms with Gasteiger partial charge in [0, 0.05) is 38.2 Å². The predicted molar refractivity (Wildman–Crippen MR) is 90.9 cm³/mol. The van der Waals surface area contributed by atoms with Gasteiger partial charge in [0.25, 0.3) is 0 Å². The second kappa shape index (κ2) is 6.17. The maximum absolute atomic E-state index is 14.4. The molecule has 0 N–H and O–H groups in total. The number of rotatable bonds is 4. The molecule has 0 aliphatic carbocycles. The van der Waals surface area contributed by atoms with Gasteiger partial charge in [-0.25, -0.2) is 4.39 Å². The van der Waals surface area contributed by atoms with Crippen molar-refractivity contribution in [2.75, 3.05) is 13.1 Å². The first-order chi connectivity index (χ1) is 11.7. The fourth-order valence-corrected chi connectivity index (χ4v) is 3.25. The van der Waals surface area contributed by atoms with Crippen LogP contribution >= 0.6 is 0 Å². The quantitative estimate of drug-likeness (QED) is 0.739. The minimum Gasteiger partial charge on any atom is -0.320 e. The molecule has 1 aliphatic heterocycles. The first kappa shape index (κ1) is 15.0. The molecule has 122 valence electrons. The summed E-state index contributed by atoms with van der Waals surface area (Å²) in [4.78, 5) is 2.24. The second-order valence-electron chi connectivity index (χ2n) is 6.36. The van der Waals surface area contributed by atoms with E-state index < -0.39 is 0 Å². The third kappa shape index (κ3) is 2.83.